The van der Waals surface area contributed by atoms with Crippen LogP contribution < -0.4 is 10.2 Å². The summed E-state index contributed by atoms with van der Waals surface area (Å²) in [4.78, 5) is 4.70. The standard InChI is InChI=1S/C18H21N3S/c1-15-14-20(18(22)19-16-8-4-2-5-9-16)12-13-21(15)17-10-6-3-7-11-17/h2-11,15H,12-14H2,1H3,(H,19,22)/t15-/m1/s1. The number of benzene rings is 2. The molecule has 1 heterocycles. The number of piperazine rings is 1. The molecular formula is C18H21N3S. The SMILES string of the molecule is C[C@@H]1CN(C(=S)Nc2ccccc2)CCN1c1ccccc1. The highest BCUT2D eigenvalue weighted by Crippen LogP contribution is 2.20. The topological polar surface area (TPSA) is 18.5 Å². The molecule has 0 spiro atoms. The molecular weight excluding hydrogens is 290 g/mol. The Kier molecular flexibility index (Phi) is 4.59. The molecule has 0 aliphatic carbocycles. The lowest BCUT2D eigenvalue weighted by molar-refractivity contribution is 0.342. The number of nitrogens with zero attached hydrogens (tertiary/aromatic N) is 2. The molecule has 1 fully saturated rings. The fourth-order valence-electron chi connectivity index (χ4n) is 2.87. The normalized spacial score (nSPS) is 18.1. The summed E-state index contributed by atoms with van der Waals surface area (Å²) in [5.41, 5.74) is 2.34. The predicted molar refractivity (Wildman–Crippen MR) is 97.5 cm³/mol. The molecule has 0 unspecified atom stereocenters. The van der Waals surface area contributed by atoms with Crippen LogP contribution >= 0.6 is 12.2 Å². The van der Waals surface area contributed by atoms with E-state index in [0.717, 1.165) is 30.4 Å². The molecule has 0 aromatic heterocycles. The van der Waals surface area contributed by atoms with E-state index >= 15 is 0 Å². The van der Waals surface area contributed by atoms with Crippen molar-refractivity contribution < 1.29 is 0 Å². The van der Waals surface area contributed by atoms with Crippen LogP contribution in [0.1, 0.15) is 6.92 Å². The van der Waals surface area contributed by atoms with Crippen molar-refractivity contribution in [3.05, 3.63) is 60.7 Å². The monoisotopic (exact) mass is 311 g/mol. The fraction of sp³-hybridized carbons (Fsp3) is 0.278. The molecule has 0 radical (unpaired) electrons. The molecule has 3 nitrogen and oxygen atoms in total. The quantitative estimate of drug-likeness (QED) is 0.854. The van der Waals surface area contributed by atoms with Crippen molar-refractivity contribution in [3.8, 4) is 0 Å². The molecule has 4 heteroatoms. The summed E-state index contributed by atoms with van der Waals surface area (Å²) >= 11 is 5.56. The van der Waals surface area contributed by atoms with Crippen LogP contribution in [0.4, 0.5) is 11.4 Å². The third kappa shape index (κ3) is 3.39. The van der Waals surface area contributed by atoms with Gasteiger partial charge in [-0.25, -0.2) is 0 Å². The largest absolute Gasteiger partial charge is 0.365 e. The lowest BCUT2D eigenvalue weighted by Crippen LogP contribution is -2.54. The maximum atomic E-state index is 5.56. The number of rotatable bonds is 2. The van der Waals surface area contributed by atoms with Crippen LogP contribution in [-0.4, -0.2) is 35.7 Å². The number of hydrogen-bond acceptors (Lipinski definition) is 2. The highest BCUT2D eigenvalue weighted by molar-refractivity contribution is 7.80. The van der Waals surface area contributed by atoms with Crippen molar-refractivity contribution >= 4 is 28.7 Å². The Morgan fingerprint density at radius 3 is 2.27 bits per heavy atom. The summed E-state index contributed by atoms with van der Waals surface area (Å²) in [6.07, 6.45) is 0. The molecule has 1 saturated heterocycles. The van der Waals surface area contributed by atoms with E-state index in [9.17, 15) is 0 Å². The number of nitrogens with one attached hydrogen (secondary N) is 1. The Bertz CT molecular complexity index is 615. The van der Waals surface area contributed by atoms with Crippen molar-refractivity contribution in [3.63, 3.8) is 0 Å². The van der Waals surface area contributed by atoms with Gasteiger partial charge < -0.3 is 15.1 Å². The third-order valence-electron chi connectivity index (χ3n) is 4.03. The zero-order valence-corrected chi connectivity index (χ0v) is 13.6. The van der Waals surface area contributed by atoms with Gasteiger partial charge in [0.15, 0.2) is 5.11 Å². The van der Waals surface area contributed by atoms with E-state index in [-0.39, 0.29) is 0 Å². The lowest BCUT2D eigenvalue weighted by atomic mass is 10.1. The van der Waals surface area contributed by atoms with Crippen LogP contribution in [0.15, 0.2) is 60.7 Å². The van der Waals surface area contributed by atoms with Crippen LogP contribution in [0.3, 0.4) is 0 Å². The average Bonchev–Trinajstić information content (AvgIpc) is 2.56. The molecule has 2 aromatic carbocycles. The molecule has 3 rings (SSSR count). The number of hydrogen-bond donors (Lipinski definition) is 1. The van der Waals surface area contributed by atoms with Crippen molar-refractivity contribution in [1.29, 1.82) is 0 Å². The molecule has 22 heavy (non-hydrogen) atoms. The zero-order chi connectivity index (χ0) is 15.4. The Balaban J connectivity index is 1.61. The second-order valence-corrected chi connectivity index (χ2v) is 6.01. The van der Waals surface area contributed by atoms with E-state index in [1.54, 1.807) is 0 Å². The van der Waals surface area contributed by atoms with E-state index in [1.165, 1.54) is 5.69 Å². The summed E-state index contributed by atoms with van der Waals surface area (Å²) in [7, 11) is 0. The van der Waals surface area contributed by atoms with Gasteiger partial charge in [-0.3, -0.25) is 0 Å². The smallest absolute Gasteiger partial charge is 0.173 e. The van der Waals surface area contributed by atoms with Gasteiger partial charge in [0, 0.05) is 37.1 Å². The summed E-state index contributed by atoms with van der Waals surface area (Å²) in [6, 6.07) is 21.1. The molecule has 2 aromatic rings. The predicted octanol–water partition coefficient (Wildman–Crippen LogP) is 3.59. The highest BCUT2D eigenvalue weighted by Gasteiger charge is 2.25. The maximum absolute atomic E-state index is 5.56. The van der Waals surface area contributed by atoms with Gasteiger partial charge in [-0.05, 0) is 43.4 Å². The molecule has 1 aliphatic heterocycles. The second-order valence-electron chi connectivity index (χ2n) is 5.62. The van der Waals surface area contributed by atoms with Gasteiger partial charge in [0.1, 0.15) is 0 Å². The lowest BCUT2D eigenvalue weighted by Gasteiger charge is -2.42. The zero-order valence-electron chi connectivity index (χ0n) is 12.8. The van der Waals surface area contributed by atoms with Crippen molar-refractivity contribution in [2.24, 2.45) is 0 Å². The Labute approximate surface area is 137 Å². The summed E-state index contributed by atoms with van der Waals surface area (Å²) < 4.78 is 0. The minimum absolute atomic E-state index is 0.437. The van der Waals surface area contributed by atoms with Gasteiger partial charge in [0.25, 0.3) is 0 Å². The van der Waals surface area contributed by atoms with E-state index in [0.29, 0.717) is 6.04 Å². The van der Waals surface area contributed by atoms with Crippen LogP contribution in [-0.2, 0) is 0 Å². The number of para-hydroxylation sites is 2. The minimum atomic E-state index is 0.437. The second kappa shape index (κ2) is 6.79. The average molecular weight is 311 g/mol. The first-order valence-corrected chi connectivity index (χ1v) is 8.07. The van der Waals surface area contributed by atoms with E-state index in [1.807, 2.05) is 30.3 Å². The van der Waals surface area contributed by atoms with Gasteiger partial charge in [0.05, 0.1) is 0 Å². The summed E-state index contributed by atoms with van der Waals surface area (Å²) in [6.45, 7) is 5.12. The molecule has 1 aliphatic rings. The van der Waals surface area contributed by atoms with Gasteiger partial charge in [-0.15, -0.1) is 0 Å². The molecule has 1 atom stereocenters. The first-order chi connectivity index (χ1) is 10.7. The van der Waals surface area contributed by atoms with Crippen LogP contribution in [0.25, 0.3) is 0 Å². The van der Waals surface area contributed by atoms with E-state index in [4.69, 9.17) is 12.2 Å². The Morgan fingerprint density at radius 2 is 1.64 bits per heavy atom. The minimum Gasteiger partial charge on any atom is -0.365 e. The summed E-state index contributed by atoms with van der Waals surface area (Å²) in [5.74, 6) is 0. The molecule has 0 amide bonds. The van der Waals surface area contributed by atoms with Gasteiger partial charge in [-0.2, -0.15) is 0 Å². The van der Waals surface area contributed by atoms with E-state index in [2.05, 4.69) is 52.4 Å². The van der Waals surface area contributed by atoms with Crippen molar-refractivity contribution in [2.45, 2.75) is 13.0 Å². The Hall–Kier alpha value is -2.07. The maximum Gasteiger partial charge on any atom is 0.173 e. The highest BCUT2D eigenvalue weighted by atomic mass is 32.1. The Morgan fingerprint density at radius 1 is 1.00 bits per heavy atom. The van der Waals surface area contributed by atoms with Crippen molar-refractivity contribution in [1.82, 2.24) is 4.90 Å². The summed E-state index contributed by atoms with van der Waals surface area (Å²) in [5, 5.41) is 4.14. The van der Waals surface area contributed by atoms with Crippen LogP contribution in [0.5, 0.6) is 0 Å². The van der Waals surface area contributed by atoms with Crippen molar-refractivity contribution in [2.75, 3.05) is 29.9 Å². The fourth-order valence-corrected chi connectivity index (χ4v) is 3.15. The van der Waals surface area contributed by atoms with Crippen LogP contribution in [0, 0.1) is 0 Å². The molecule has 0 bridgehead atoms. The van der Waals surface area contributed by atoms with E-state index < -0.39 is 0 Å². The number of anilines is 2. The molecule has 0 saturated carbocycles. The van der Waals surface area contributed by atoms with Gasteiger partial charge in [0.2, 0.25) is 0 Å². The van der Waals surface area contributed by atoms with Crippen LogP contribution in [0.2, 0.25) is 0 Å². The first-order valence-electron chi connectivity index (χ1n) is 7.67. The third-order valence-corrected chi connectivity index (χ3v) is 4.39. The van der Waals surface area contributed by atoms with Gasteiger partial charge in [-0.1, -0.05) is 36.4 Å². The van der Waals surface area contributed by atoms with Gasteiger partial charge >= 0.3 is 0 Å². The molecule has 1 N–H and O–H groups in total. The number of thiocarbonyl (C=S) groups is 1. The molecule has 114 valence electrons. The first kappa shape index (κ1) is 14.9.